The monoisotopic (exact) mass is 1880 g/mol. The summed E-state index contributed by atoms with van der Waals surface area (Å²) in [4.78, 5) is 106. The van der Waals surface area contributed by atoms with Crippen LogP contribution < -0.4 is 42.3 Å². The Morgan fingerprint density at radius 2 is 0.741 bits per heavy atom. The number of nitriles is 5. The van der Waals surface area contributed by atoms with E-state index in [1.165, 1.54) is 65.7 Å². The number of aromatic nitrogens is 15. The topological polar surface area (TPSA) is 495 Å². The number of piperazine rings is 1. The molecule has 10 aromatic heterocycles. The normalized spacial score (nSPS) is 12.9. The van der Waals surface area contributed by atoms with Crippen LogP contribution >= 0.6 is 11.6 Å². The Balaban J connectivity index is 0.000000144. The molecule has 12 heterocycles. The number of rotatable bonds is 15. The minimum absolute atomic E-state index is 0.00431. The molecule has 0 atom stereocenters. The van der Waals surface area contributed by atoms with Crippen molar-refractivity contribution >= 4 is 82.9 Å². The summed E-state index contributed by atoms with van der Waals surface area (Å²) >= 11 is 6.16. The third-order valence-electron chi connectivity index (χ3n) is 22.2. The third-order valence-corrected chi connectivity index (χ3v) is 24.2. The fourth-order valence-electron chi connectivity index (χ4n) is 15.9. The molecule has 0 aliphatic carbocycles. The van der Waals surface area contributed by atoms with Gasteiger partial charge in [0.1, 0.15) is 63.8 Å². The minimum atomic E-state index is -3.39. The van der Waals surface area contributed by atoms with E-state index in [9.17, 15) is 71.9 Å². The number of hydrogen-bond donors (Lipinski definition) is 6. The Kier molecular flexibility index (Phi) is 28.7. The van der Waals surface area contributed by atoms with Gasteiger partial charge in [0, 0.05) is 154 Å². The predicted octanol–water partition coefficient (Wildman–Crippen LogP) is 14.1. The van der Waals surface area contributed by atoms with Crippen molar-refractivity contribution in [3.8, 4) is 86.6 Å². The number of ether oxygens (including phenoxy) is 2. The van der Waals surface area contributed by atoms with E-state index in [1.807, 2.05) is 164 Å². The summed E-state index contributed by atoms with van der Waals surface area (Å²) in [5, 5.41) is 60.8. The van der Waals surface area contributed by atoms with Crippen LogP contribution in [0.15, 0.2) is 175 Å². The number of fused-ring (bicyclic) bond motifs is 5. The van der Waals surface area contributed by atoms with Crippen molar-refractivity contribution in [2.45, 2.75) is 137 Å². The average molecular weight is 1880 g/mol. The van der Waals surface area contributed by atoms with Gasteiger partial charge in [0.05, 0.1) is 52.8 Å². The number of morpholine rings is 1. The lowest BCUT2D eigenvalue weighted by Crippen LogP contribution is -2.50. The zero-order valence-electron chi connectivity index (χ0n) is 77.0. The smallest absolute Gasteiger partial charge is 0.410 e. The number of halogens is 1. The molecule has 6 N–H and O–H groups in total. The lowest BCUT2D eigenvalue weighted by molar-refractivity contribution is 0.0240. The second kappa shape index (κ2) is 39.9. The fourth-order valence-corrected chi connectivity index (χ4v) is 17.4. The predicted molar refractivity (Wildman–Crippen MR) is 515 cm³/mol. The van der Waals surface area contributed by atoms with E-state index >= 15 is 0 Å². The van der Waals surface area contributed by atoms with Crippen LogP contribution in [0, 0.1) is 63.6 Å². The number of anilines is 3. The maximum Gasteiger partial charge on any atom is 0.410 e. The van der Waals surface area contributed by atoms with Crippen molar-refractivity contribution in [3.63, 3.8) is 0 Å². The molecule has 17 rings (SSSR count). The molecule has 0 radical (unpaired) electrons. The third kappa shape index (κ3) is 20.9. The summed E-state index contributed by atoms with van der Waals surface area (Å²) in [6.07, 6.45) is 9.28. The molecule has 5 aromatic carbocycles. The maximum atomic E-state index is 13.1. The maximum absolute atomic E-state index is 13.1. The number of sulfonamides is 1. The lowest BCUT2D eigenvalue weighted by Gasteiger charge is -2.36. The molecule has 2 aliphatic rings. The molecule has 39 heteroatoms. The Morgan fingerprint density at radius 3 is 1.04 bits per heavy atom. The highest BCUT2D eigenvalue weighted by Gasteiger charge is 2.30. The van der Waals surface area contributed by atoms with Gasteiger partial charge in [0.15, 0.2) is 38.1 Å². The summed E-state index contributed by atoms with van der Waals surface area (Å²) in [6.45, 7) is 32.6. The van der Waals surface area contributed by atoms with Gasteiger partial charge in [-0.3, -0.25) is 54.2 Å². The fraction of sp³-hybridized carbons (Fsp3) is 0.312. The van der Waals surface area contributed by atoms with Gasteiger partial charge < -0.3 is 24.2 Å². The lowest BCUT2D eigenvalue weighted by atomic mass is 9.97. The number of aryl methyl sites for hydroxylation is 1. The van der Waals surface area contributed by atoms with Crippen molar-refractivity contribution in [3.05, 3.63) is 264 Å². The molecule has 694 valence electrons. The van der Waals surface area contributed by atoms with Crippen molar-refractivity contribution in [2.24, 2.45) is 0 Å². The highest BCUT2D eigenvalue weighted by atomic mass is 35.5. The summed E-state index contributed by atoms with van der Waals surface area (Å²) in [7, 11) is -6.76. The van der Waals surface area contributed by atoms with Crippen molar-refractivity contribution < 1.29 is 31.1 Å². The molecule has 15 aromatic rings. The number of hydrogen-bond acceptors (Lipinski definition) is 24. The number of nitrogens with one attached hydrogen (secondary N) is 6. The molecule has 2 fully saturated rings. The molecule has 2 aliphatic heterocycles. The summed E-state index contributed by atoms with van der Waals surface area (Å²) in [5.74, 6) is -0.284. The number of amides is 1. The first kappa shape index (κ1) is 97.0. The first-order valence-corrected chi connectivity index (χ1v) is 47.3. The van der Waals surface area contributed by atoms with Crippen LogP contribution in [0.1, 0.15) is 181 Å². The van der Waals surface area contributed by atoms with E-state index in [0.717, 1.165) is 72.4 Å². The van der Waals surface area contributed by atoms with E-state index in [0.29, 0.717) is 138 Å². The summed E-state index contributed by atoms with van der Waals surface area (Å²) in [5.41, 5.74) is 14.1. The van der Waals surface area contributed by atoms with Gasteiger partial charge in [0.2, 0.25) is 10.0 Å². The molecular formula is C96H99ClN24O12S2. The van der Waals surface area contributed by atoms with Crippen molar-refractivity contribution in [2.75, 3.05) is 79.5 Å². The molecule has 135 heavy (non-hydrogen) atoms. The Morgan fingerprint density at radius 1 is 0.430 bits per heavy atom. The molecule has 36 nitrogen and oxygen atoms in total. The number of H-pyrrole nitrogens is 5. The number of benzene rings is 5. The van der Waals surface area contributed by atoms with Crippen LogP contribution in [-0.2, 0) is 29.3 Å². The zero-order chi connectivity index (χ0) is 97.7. The van der Waals surface area contributed by atoms with E-state index in [2.05, 4.69) is 84.2 Å². The number of sulfone groups is 1. The standard InChI is InChI=1S/C25H30N6O3.C20H21N5O2.C17H15ClN4O.C17H17N5O3S.C17H16N4O3S/c1-16(2)20-21(28-22-18(14-26)15-27-31(22)23(20)32)17-6-8-19(9-7-17)29-10-12-30(13-11-29)24(33)34-25(3,4)5;1-13(2)17-18(23-19-15(11-21)12-22-25(19)20(17)26)14-3-5-16(6-4-14)24-7-9-27-10-8-24;1-9(2)14-15(11-4-10(3)5-13(18)6-11)21-16-12(7-19)8-20-22(16)17(14)23;1-10(2)14-15(11-4-6-13(7-5-11)21-26(3,24)25)20-16-12(8-18)9-19-22(16)17(14)23;1-10(2)14-15(11-5-4-6-13(7-11)25(3,23)24)20-16-12(8-18)9-19-21(16)17(14)22/h6-9,15-16,27H,10-13H2,1-5H3;3-6,12-13,22H,7-10H2,1-2H3;4-6,8-9,20H,1-3H3;4-7,9-10,19,21H,1-3H3;4-7,9-10,19H,1-3H3. The van der Waals surface area contributed by atoms with E-state index in [1.54, 1.807) is 47.4 Å². The minimum Gasteiger partial charge on any atom is -0.444 e. The highest BCUT2D eigenvalue weighted by Crippen LogP contribution is 2.36. The summed E-state index contributed by atoms with van der Waals surface area (Å²) < 4.78 is 66.1. The highest BCUT2D eigenvalue weighted by molar-refractivity contribution is 7.92. The average Bonchev–Trinajstić information content (AvgIpc) is 1.64. The van der Waals surface area contributed by atoms with E-state index in [4.69, 9.17) is 26.1 Å². The summed E-state index contributed by atoms with van der Waals surface area (Å²) in [6, 6.07) is 44.7. The molecule has 0 spiro atoms. The second-order valence-corrected chi connectivity index (χ2v) is 39.1. The number of carbonyl (C=O) groups excluding carboxylic acids is 1. The first-order valence-electron chi connectivity index (χ1n) is 43.2. The van der Waals surface area contributed by atoms with Gasteiger partial charge in [-0.05, 0) is 130 Å². The van der Waals surface area contributed by atoms with Crippen LogP contribution in [-0.4, -0.2) is 171 Å². The van der Waals surface area contributed by atoms with Crippen LogP contribution in [0.4, 0.5) is 21.9 Å². The number of aromatic amines is 5. The largest absolute Gasteiger partial charge is 0.444 e. The Labute approximate surface area is 780 Å². The molecule has 0 unspecified atom stereocenters. The molecular weight excluding hydrogens is 1780 g/mol. The molecule has 0 saturated carbocycles. The van der Waals surface area contributed by atoms with Crippen LogP contribution in [0.5, 0.6) is 0 Å². The first-order chi connectivity index (χ1) is 64.0. The zero-order valence-corrected chi connectivity index (χ0v) is 79.4. The van der Waals surface area contributed by atoms with Gasteiger partial charge in [-0.15, -0.1) is 0 Å². The molecule has 2 saturated heterocycles. The van der Waals surface area contributed by atoms with Gasteiger partial charge in [-0.25, -0.2) is 69.1 Å². The quantitative estimate of drug-likeness (QED) is 0.0555. The Hall–Kier alpha value is -15.5. The second-order valence-electron chi connectivity index (χ2n) is 34.9. The molecule has 0 bridgehead atoms. The SMILES string of the molecule is CC(C)c1c(-c2ccc(N3CCN(C(=O)OC(C)(C)C)CC3)cc2)nc2c(C#N)c[nH]n2c1=O.CC(C)c1c(-c2ccc(N3CCOCC3)cc2)nc2c(C#N)c[nH]n2c1=O.CC(C)c1c(-c2ccc(NS(C)(=O)=O)cc2)nc2c(C#N)c[nH]n2c1=O.CC(C)c1c(-c2cccc(S(C)(=O)=O)c2)nc2c(C#N)c[nH]n2c1=O.Cc1cc(Cl)cc(-c2nc3c(C#N)c[nH]n3c(=O)c2C(C)C)c1. The number of carbonyl (C=O) groups is 1. The van der Waals surface area contributed by atoms with Gasteiger partial charge in [-0.2, -0.15) is 26.3 Å². The van der Waals surface area contributed by atoms with Crippen LogP contribution in [0.2, 0.25) is 5.02 Å². The van der Waals surface area contributed by atoms with Crippen molar-refractivity contribution in [1.29, 1.82) is 26.3 Å². The number of nitrogens with zero attached hydrogens (tertiary/aromatic N) is 18. The van der Waals surface area contributed by atoms with Crippen LogP contribution in [0.3, 0.4) is 0 Å². The van der Waals surface area contributed by atoms with E-state index < -0.39 is 25.5 Å². The Bertz CT molecular complexity index is 7870. The van der Waals surface area contributed by atoms with Crippen LogP contribution in [0.25, 0.3) is 84.5 Å². The van der Waals surface area contributed by atoms with Gasteiger partial charge >= 0.3 is 6.09 Å². The van der Waals surface area contributed by atoms with E-state index in [-0.39, 0.29) is 90.8 Å². The van der Waals surface area contributed by atoms with Gasteiger partial charge in [0.25, 0.3) is 27.8 Å². The molecule has 1 amide bonds. The van der Waals surface area contributed by atoms with Gasteiger partial charge in [-0.1, -0.05) is 129 Å². The van der Waals surface area contributed by atoms with Crippen molar-refractivity contribution in [1.82, 2.24) is 77.9 Å².